The zero-order chi connectivity index (χ0) is 17.9. The first-order valence-corrected chi connectivity index (χ1v) is 7.96. The SMILES string of the molecule is Cc1cc(C)cc(NC(=O)C(=O)Nc2ccc(C(C)(C)C)cc2)c1. The highest BCUT2D eigenvalue weighted by atomic mass is 16.2. The van der Waals surface area contributed by atoms with E-state index in [9.17, 15) is 9.59 Å². The third kappa shape index (κ3) is 4.69. The number of nitrogens with one attached hydrogen (secondary N) is 2. The fraction of sp³-hybridized carbons (Fsp3) is 0.300. The molecule has 0 unspecified atom stereocenters. The van der Waals surface area contributed by atoms with Gasteiger partial charge in [0.1, 0.15) is 0 Å². The number of hydrogen-bond donors (Lipinski definition) is 2. The molecule has 0 fully saturated rings. The first kappa shape index (κ1) is 17.7. The van der Waals surface area contributed by atoms with Gasteiger partial charge in [0.25, 0.3) is 0 Å². The molecule has 0 atom stereocenters. The number of aryl methyl sites for hydroxylation is 2. The molecule has 0 aliphatic rings. The van der Waals surface area contributed by atoms with E-state index in [-0.39, 0.29) is 5.41 Å². The molecule has 0 bridgehead atoms. The Hall–Kier alpha value is -2.62. The van der Waals surface area contributed by atoms with Gasteiger partial charge in [0.15, 0.2) is 0 Å². The van der Waals surface area contributed by atoms with E-state index in [4.69, 9.17) is 0 Å². The Morgan fingerprint density at radius 1 is 0.750 bits per heavy atom. The van der Waals surface area contributed by atoms with E-state index in [2.05, 4.69) is 31.4 Å². The standard InChI is InChI=1S/C20H24N2O2/c1-13-10-14(2)12-17(11-13)22-19(24)18(23)21-16-8-6-15(7-9-16)20(3,4)5/h6-12H,1-5H3,(H,21,23)(H,22,24). The average Bonchev–Trinajstić information content (AvgIpc) is 2.45. The Morgan fingerprint density at radius 2 is 1.21 bits per heavy atom. The van der Waals surface area contributed by atoms with Crippen LogP contribution in [0.15, 0.2) is 42.5 Å². The second-order valence-corrected chi connectivity index (χ2v) is 7.11. The average molecular weight is 324 g/mol. The van der Waals surface area contributed by atoms with E-state index in [0.29, 0.717) is 11.4 Å². The second-order valence-electron chi connectivity index (χ2n) is 7.11. The van der Waals surface area contributed by atoms with Crippen LogP contribution in [0.25, 0.3) is 0 Å². The van der Waals surface area contributed by atoms with E-state index >= 15 is 0 Å². The first-order valence-electron chi connectivity index (χ1n) is 7.96. The number of rotatable bonds is 2. The van der Waals surface area contributed by atoms with Crippen LogP contribution in [0.5, 0.6) is 0 Å². The highest BCUT2D eigenvalue weighted by molar-refractivity contribution is 6.43. The lowest BCUT2D eigenvalue weighted by molar-refractivity contribution is -0.132. The predicted molar refractivity (Wildman–Crippen MR) is 98.3 cm³/mol. The van der Waals surface area contributed by atoms with Crippen molar-refractivity contribution in [1.82, 2.24) is 0 Å². The molecule has 0 heterocycles. The van der Waals surface area contributed by atoms with Crippen molar-refractivity contribution in [3.8, 4) is 0 Å². The molecule has 0 saturated carbocycles. The normalized spacial score (nSPS) is 11.0. The summed E-state index contributed by atoms with van der Waals surface area (Å²) >= 11 is 0. The van der Waals surface area contributed by atoms with E-state index in [1.54, 1.807) is 0 Å². The van der Waals surface area contributed by atoms with Gasteiger partial charge in [0, 0.05) is 11.4 Å². The van der Waals surface area contributed by atoms with E-state index < -0.39 is 11.8 Å². The molecule has 24 heavy (non-hydrogen) atoms. The molecular weight excluding hydrogens is 300 g/mol. The van der Waals surface area contributed by atoms with Crippen LogP contribution in [0, 0.1) is 13.8 Å². The Kier molecular flexibility index (Phi) is 5.07. The fourth-order valence-corrected chi connectivity index (χ4v) is 2.48. The summed E-state index contributed by atoms with van der Waals surface area (Å²) in [6.07, 6.45) is 0. The summed E-state index contributed by atoms with van der Waals surface area (Å²) in [6.45, 7) is 10.3. The summed E-state index contributed by atoms with van der Waals surface area (Å²) < 4.78 is 0. The van der Waals surface area contributed by atoms with Crippen molar-refractivity contribution in [1.29, 1.82) is 0 Å². The predicted octanol–water partition coefficient (Wildman–Crippen LogP) is 4.18. The maximum absolute atomic E-state index is 12.0. The van der Waals surface area contributed by atoms with Crippen LogP contribution >= 0.6 is 0 Å². The maximum Gasteiger partial charge on any atom is 0.314 e. The lowest BCUT2D eigenvalue weighted by Crippen LogP contribution is -2.29. The minimum atomic E-state index is -0.683. The quantitative estimate of drug-likeness (QED) is 0.814. The maximum atomic E-state index is 12.0. The number of hydrogen-bond acceptors (Lipinski definition) is 2. The summed E-state index contributed by atoms with van der Waals surface area (Å²) in [5.41, 5.74) is 4.49. The Morgan fingerprint density at radius 3 is 1.67 bits per heavy atom. The van der Waals surface area contributed by atoms with Gasteiger partial charge in [-0.1, -0.05) is 39.0 Å². The first-order chi connectivity index (χ1) is 11.1. The van der Waals surface area contributed by atoms with Crippen LogP contribution in [-0.2, 0) is 15.0 Å². The van der Waals surface area contributed by atoms with Crippen molar-refractivity contribution in [2.45, 2.75) is 40.0 Å². The number of amides is 2. The molecule has 0 aliphatic heterocycles. The Labute approximate surface area is 143 Å². The minimum Gasteiger partial charge on any atom is -0.318 e. The largest absolute Gasteiger partial charge is 0.318 e. The van der Waals surface area contributed by atoms with Gasteiger partial charge in [-0.25, -0.2) is 0 Å². The number of carbonyl (C=O) groups is 2. The Balaban J connectivity index is 2.02. The monoisotopic (exact) mass is 324 g/mol. The van der Waals surface area contributed by atoms with Crippen LogP contribution in [0.1, 0.15) is 37.5 Å². The van der Waals surface area contributed by atoms with Crippen molar-refractivity contribution in [3.63, 3.8) is 0 Å². The van der Waals surface area contributed by atoms with Crippen LogP contribution in [0.2, 0.25) is 0 Å². The van der Waals surface area contributed by atoms with Gasteiger partial charge in [0.05, 0.1) is 0 Å². The molecular formula is C20H24N2O2. The summed E-state index contributed by atoms with van der Waals surface area (Å²) in [7, 11) is 0. The van der Waals surface area contributed by atoms with Crippen molar-refractivity contribution in [3.05, 3.63) is 59.2 Å². The summed E-state index contributed by atoms with van der Waals surface area (Å²) in [6, 6.07) is 13.2. The molecule has 126 valence electrons. The van der Waals surface area contributed by atoms with E-state index in [1.165, 1.54) is 5.56 Å². The Bertz CT molecular complexity index is 736. The van der Waals surface area contributed by atoms with Crippen molar-refractivity contribution >= 4 is 23.2 Å². The summed E-state index contributed by atoms with van der Waals surface area (Å²) in [4.78, 5) is 24.1. The lowest BCUT2D eigenvalue weighted by atomic mass is 9.87. The van der Waals surface area contributed by atoms with Gasteiger partial charge in [0.2, 0.25) is 0 Å². The third-order valence-corrected chi connectivity index (χ3v) is 3.69. The van der Waals surface area contributed by atoms with Crippen molar-refractivity contribution in [2.24, 2.45) is 0 Å². The van der Waals surface area contributed by atoms with Gasteiger partial charge in [-0.3, -0.25) is 9.59 Å². The highest BCUT2D eigenvalue weighted by Gasteiger charge is 2.16. The topological polar surface area (TPSA) is 58.2 Å². The van der Waals surface area contributed by atoms with Crippen LogP contribution < -0.4 is 10.6 Å². The molecule has 2 rings (SSSR count). The van der Waals surface area contributed by atoms with Crippen LogP contribution in [0.4, 0.5) is 11.4 Å². The molecule has 0 aliphatic carbocycles. The van der Waals surface area contributed by atoms with Gasteiger partial charge in [-0.2, -0.15) is 0 Å². The highest BCUT2D eigenvalue weighted by Crippen LogP contribution is 2.23. The molecule has 0 spiro atoms. The molecule has 2 aromatic rings. The smallest absolute Gasteiger partial charge is 0.314 e. The second kappa shape index (κ2) is 6.87. The molecule has 0 radical (unpaired) electrons. The zero-order valence-electron chi connectivity index (χ0n) is 14.9. The van der Waals surface area contributed by atoms with Crippen molar-refractivity contribution < 1.29 is 9.59 Å². The van der Waals surface area contributed by atoms with Gasteiger partial charge in [-0.05, 0) is 60.2 Å². The molecule has 2 aromatic carbocycles. The molecule has 4 heteroatoms. The molecule has 0 aromatic heterocycles. The fourth-order valence-electron chi connectivity index (χ4n) is 2.48. The third-order valence-electron chi connectivity index (χ3n) is 3.69. The zero-order valence-corrected chi connectivity index (χ0v) is 14.9. The number of benzene rings is 2. The minimum absolute atomic E-state index is 0.0446. The summed E-state index contributed by atoms with van der Waals surface area (Å²) in [5, 5.41) is 5.25. The van der Waals surface area contributed by atoms with Crippen LogP contribution in [0.3, 0.4) is 0 Å². The van der Waals surface area contributed by atoms with E-state index in [1.807, 2.05) is 56.3 Å². The summed E-state index contributed by atoms with van der Waals surface area (Å²) in [5.74, 6) is -1.36. The molecule has 4 nitrogen and oxygen atoms in total. The van der Waals surface area contributed by atoms with Crippen molar-refractivity contribution in [2.75, 3.05) is 10.6 Å². The van der Waals surface area contributed by atoms with Crippen LogP contribution in [-0.4, -0.2) is 11.8 Å². The number of carbonyl (C=O) groups excluding carboxylic acids is 2. The van der Waals surface area contributed by atoms with Gasteiger partial charge < -0.3 is 10.6 Å². The molecule has 2 N–H and O–H groups in total. The molecule has 2 amide bonds. The van der Waals surface area contributed by atoms with Gasteiger partial charge >= 0.3 is 11.8 Å². The number of anilines is 2. The molecule has 0 saturated heterocycles. The van der Waals surface area contributed by atoms with E-state index in [0.717, 1.165) is 11.1 Å². The lowest BCUT2D eigenvalue weighted by Gasteiger charge is -2.19. The van der Waals surface area contributed by atoms with Gasteiger partial charge in [-0.15, -0.1) is 0 Å².